The quantitative estimate of drug-likeness (QED) is 0.659. The van der Waals surface area contributed by atoms with Crippen LogP contribution in [0, 0.1) is 11.3 Å². The monoisotopic (exact) mass is 183 g/mol. The van der Waals surface area contributed by atoms with Gasteiger partial charge in [0.25, 0.3) is 0 Å². The van der Waals surface area contributed by atoms with Crippen molar-refractivity contribution in [3.05, 3.63) is 0 Å². The van der Waals surface area contributed by atoms with E-state index in [4.69, 9.17) is 5.26 Å². The van der Waals surface area contributed by atoms with Gasteiger partial charge in [0.1, 0.15) is 0 Å². The number of hydrogen-bond acceptors (Lipinski definition) is 2. The molecule has 0 aliphatic carbocycles. The Labute approximate surface area is 79.7 Å². The van der Waals surface area contributed by atoms with Crippen molar-refractivity contribution < 1.29 is 4.79 Å². The van der Waals surface area contributed by atoms with Crippen LogP contribution in [0.5, 0.6) is 0 Å². The lowest BCUT2D eigenvalue weighted by Crippen LogP contribution is -2.41. The molecule has 0 aromatic carbocycles. The fraction of sp³-hybridized carbons (Fsp3) is 0.778. The summed E-state index contributed by atoms with van der Waals surface area (Å²) in [7, 11) is 1.76. The van der Waals surface area contributed by atoms with Gasteiger partial charge in [-0.05, 0) is 13.8 Å². The zero-order chi connectivity index (χ0) is 10.3. The number of carbonyl (C=O) groups excluding carboxylic acids is 1. The number of nitrogens with zero attached hydrogens (tertiary/aromatic N) is 3. The Morgan fingerprint density at radius 3 is 2.38 bits per heavy atom. The highest BCUT2D eigenvalue weighted by molar-refractivity contribution is 5.74. The van der Waals surface area contributed by atoms with Crippen LogP contribution in [0.15, 0.2) is 0 Å². The lowest BCUT2D eigenvalue weighted by molar-refractivity contribution is 0.168. The van der Waals surface area contributed by atoms with E-state index >= 15 is 0 Å². The molecule has 0 aromatic rings. The summed E-state index contributed by atoms with van der Waals surface area (Å²) in [5, 5.41) is 8.39. The summed E-state index contributed by atoms with van der Waals surface area (Å²) in [6.45, 7) is 5.72. The number of urea groups is 1. The molecule has 0 unspecified atom stereocenters. The second-order valence-electron chi connectivity index (χ2n) is 2.78. The molecule has 0 rings (SSSR count). The number of amides is 2. The van der Waals surface area contributed by atoms with Crippen LogP contribution in [0.2, 0.25) is 0 Å². The Morgan fingerprint density at radius 1 is 1.38 bits per heavy atom. The molecule has 0 N–H and O–H groups in total. The minimum atomic E-state index is 0.000231. The van der Waals surface area contributed by atoms with Crippen LogP contribution < -0.4 is 0 Å². The maximum atomic E-state index is 11.6. The molecule has 0 bridgehead atoms. The molecule has 0 spiro atoms. The van der Waals surface area contributed by atoms with E-state index in [2.05, 4.69) is 0 Å². The molecular weight excluding hydrogens is 166 g/mol. The second kappa shape index (κ2) is 6.30. The molecule has 0 aliphatic rings. The van der Waals surface area contributed by atoms with Gasteiger partial charge in [0.05, 0.1) is 12.5 Å². The first-order chi connectivity index (χ1) is 6.17. The molecule has 0 saturated carbocycles. The van der Waals surface area contributed by atoms with Crippen LogP contribution in [0.25, 0.3) is 0 Å². The Morgan fingerprint density at radius 2 is 2.00 bits per heavy atom. The molecule has 0 saturated heterocycles. The summed E-state index contributed by atoms with van der Waals surface area (Å²) >= 11 is 0. The normalized spacial score (nSPS) is 9.08. The smallest absolute Gasteiger partial charge is 0.319 e. The fourth-order valence-electron chi connectivity index (χ4n) is 0.951. The number of hydrogen-bond donors (Lipinski definition) is 0. The lowest BCUT2D eigenvalue weighted by atomic mass is 10.4. The van der Waals surface area contributed by atoms with E-state index in [1.54, 1.807) is 16.8 Å². The van der Waals surface area contributed by atoms with Crippen LogP contribution in [0.3, 0.4) is 0 Å². The van der Waals surface area contributed by atoms with Gasteiger partial charge in [-0.2, -0.15) is 5.26 Å². The van der Waals surface area contributed by atoms with Crippen molar-refractivity contribution in [2.75, 3.05) is 26.7 Å². The fourth-order valence-corrected chi connectivity index (χ4v) is 0.951. The van der Waals surface area contributed by atoms with Crippen molar-refractivity contribution in [1.82, 2.24) is 9.80 Å². The van der Waals surface area contributed by atoms with Gasteiger partial charge in [-0.15, -0.1) is 0 Å². The van der Waals surface area contributed by atoms with Gasteiger partial charge in [0.2, 0.25) is 0 Å². The molecule has 0 radical (unpaired) electrons. The first-order valence-corrected chi connectivity index (χ1v) is 4.54. The van der Waals surface area contributed by atoms with E-state index < -0.39 is 0 Å². The second-order valence-corrected chi connectivity index (χ2v) is 2.78. The van der Waals surface area contributed by atoms with Crippen molar-refractivity contribution >= 4 is 6.03 Å². The molecule has 74 valence electrons. The number of carbonyl (C=O) groups is 1. The first kappa shape index (κ1) is 11.8. The van der Waals surface area contributed by atoms with E-state index in [1.165, 1.54) is 0 Å². The average Bonchev–Trinajstić information content (AvgIpc) is 2.17. The number of rotatable bonds is 4. The highest BCUT2D eigenvalue weighted by Gasteiger charge is 2.13. The average molecular weight is 183 g/mol. The third-order valence-corrected chi connectivity index (χ3v) is 1.95. The van der Waals surface area contributed by atoms with Crippen LogP contribution in [0.4, 0.5) is 4.79 Å². The van der Waals surface area contributed by atoms with Crippen molar-refractivity contribution in [2.24, 2.45) is 0 Å². The van der Waals surface area contributed by atoms with E-state index in [0.29, 0.717) is 26.1 Å². The molecule has 13 heavy (non-hydrogen) atoms. The van der Waals surface area contributed by atoms with Gasteiger partial charge in [0.15, 0.2) is 0 Å². The molecule has 0 aliphatic heterocycles. The Balaban J connectivity index is 4.08. The molecule has 4 nitrogen and oxygen atoms in total. The first-order valence-electron chi connectivity index (χ1n) is 4.54. The Bertz CT molecular complexity index is 198. The van der Waals surface area contributed by atoms with Crippen molar-refractivity contribution in [3.63, 3.8) is 0 Å². The summed E-state index contributed by atoms with van der Waals surface area (Å²) in [6.07, 6.45) is 0.400. The minimum absolute atomic E-state index is 0.000231. The zero-order valence-corrected chi connectivity index (χ0v) is 8.58. The maximum absolute atomic E-state index is 11.6. The summed E-state index contributed by atoms with van der Waals surface area (Å²) in [5.41, 5.74) is 0. The van der Waals surface area contributed by atoms with Gasteiger partial charge in [0, 0.05) is 26.7 Å². The molecular formula is C9H17N3O. The van der Waals surface area contributed by atoms with E-state index in [0.717, 1.165) is 0 Å². The highest BCUT2D eigenvalue weighted by Crippen LogP contribution is 1.97. The molecule has 0 aromatic heterocycles. The van der Waals surface area contributed by atoms with Gasteiger partial charge < -0.3 is 9.80 Å². The zero-order valence-electron chi connectivity index (χ0n) is 8.58. The molecule has 0 fully saturated rings. The van der Waals surface area contributed by atoms with E-state index in [9.17, 15) is 4.79 Å². The van der Waals surface area contributed by atoms with Crippen LogP contribution >= 0.6 is 0 Å². The third-order valence-electron chi connectivity index (χ3n) is 1.95. The minimum Gasteiger partial charge on any atom is -0.328 e. The van der Waals surface area contributed by atoms with Gasteiger partial charge in [-0.1, -0.05) is 0 Å². The predicted octanol–water partition coefficient (Wildman–Crippen LogP) is 1.29. The molecule has 4 heteroatoms. The van der Waals surface area contributed by atoms with Crippen LogP contribution in [0.1, 0.15) is 20.3 Å². The Hall–Kier alpha value is -1.24. The van der Waals surface area contributed by atoms with Crippen LogP contribution in [-0.4, -0.2) is 42.5 Å². The van der Waals surface area contributed by atoms with Crippen molar-refractivity contribution in [3.8, 4) is 6.07 Å². The van der Waals surface area contributed by atoms with Gasteiger partial charge in [-0.25, -0.2) is 4.79 Å². The molecule has 0 heterocycles. The summed E-state index contributed by atoms with van der Waals surface area (Å²) in [6, 6.07) is 2.03. The Kier molecular flexibility index (Phi) is 5.69. The topological polar surface area (TPSA) is 47.3 Å². The van der Waals surface area contributed by atoms with Crippen molar-refractivity contribution in [1.29, 1.82) is 5.26 Å². The van der Waals surface area contributed by atoms with Gasteiger partial charge >= 0.3 is 6.03 Å². The largest absolute Gasteiger partial charge is 0.328 e. The predicted molar refractivity (Wildman–Crippen MR) is 51.2 cm³/mol. The van der Waals surface area contributed by atoms with E-state index in [1.807, 2.05) is 19.9 Å². The summed E-state index contributed by atoms with van der Waals surface area (Å²) < 4.78 is 0. The SMILES string of the molecule is CCN(C)C(=O)N(CC)CCC#N. The van der Waals surface area contributed by atoms with E-state index in [-0.39, 0.29) is 6.03 Å². The lowest BCUT2D eigenvalue weighted by Gasteiger charge is -2.25. The third kappa shape index (κ3) is 3.79. The van der Waals surface area contributed by atoms with Gasteiger partial charge in [-0.3, -0.25) is 0 Å². The number of nitriles is 1. The van der Waals surface area contributed by atoms with Crippen molar-refractivity contribution in [2.45, 2.75) is 20.3 Å². The molecule has 2 amide bonds. The standard InChI is InChI=1S/C9H17N3O/c1-4-11(3)9(13)12(5-2)8-6-7-10/h4-6,8H2,1-3H3. The summed E-state index contributed by atoms with van der Waals surface area (Å²) in [5.74, 6) is 0. The molecule has 0 atom stereocenters. The van der Waals surface area contributed by atoms with Crippen LogP contribution in [-0.2, 0) is 0 Å². The maximum Gasteiger partial charge on any atom is 0.319 e. The highest BCUT2D eigenvalue weighted by atomic mass is 16.2. The summed E-state index contributed by atoms with van der Waals surface area (Å²) in [4.78, 5) is 14.9.